The first-order valence-corrected chi connectivity index (χ1v) is 3.59. The number of piperidine rings is 1. The van der Waals surface area contributed by atoms with Crippen LogP contribution in [-0.2, 0) is 9.53 Å². The van der Waals surface area contributed by atoms with Crippen LogP contribution in [0.15, 0.2) is 0 Å². The van der Waals surface area contributed by atoms with Gasteiger partial charge in [0.2, 0.25) is 0 Å². The van der Waals surface area contributed by atoms with Gasteiger partial charge in [-0.25, -0.2) is 0 Å². The molecule has 1 N–H and O–H groups in total. The molecule has 10 heavy (non-hydrogen) atoms. The monoisotopic (exact) mass is 143 g/mol. The Balaban J connectivity index is 2.39. The van der Waals surface area contributed by atoms with Crippen LogP contribution in [0.2, 0.25) is 0 Å². The predicted molar refractivity (Wildman–Crippen MR) is 37.7 cm³/mol. The highest BCUT2D eigenvalue weighted by atomic mass is 16.5. The maximum atomic E-state index is 10.0. The van der Waals surface area contributed by atoms with Gasteiger partial charge in [-0.05, 0) is 32.9 Å². The van der Waals surface area contributed by atoms with Gasteiger partial charge in [0.05, 0.1) is 0 Å². The average Bonchev–Trinajstić information content (AvgIpc) is 1.89. The summed E-state index contributed by atoms with van der Waals surface area (Å²) in [6.45, 7) is 4.42. The normalized spacial score (nSPS) is 23.7. The van der Waals surface area contributed by atoms with Gasteiger partial charge in [-0.15, -0.1) is 0 Å². The molecule has 0 unspecified atom stereocenters. The number of hydrogen-bond donors (Lipinski definition) is 1. The van der Waals surface area contributed by atoms with Crippen LogP contribution in [0.1, 0.15) is 19.8 Å². The van der Waals surface area contributed by atoms with Gasteiger partial charge in [-0.2, -0.15) is 0 Å². The fourth-order valence-corrected chi connectivity index (χ4v) is 1.19. The molecule has 0 aliphatic carbocycles. The van der Waals surface area contributed by atoms with E-state index in [9.17, 15) is 4.79 Å². The number of rotatable bonds is 2. The highest BCUT2D eigenvalue weighted by Crippen LogP contribution is 2.20. The molecular weight excluding hydrogens is 130 g/mol. The summed E-state index contributed by atoms with van der Waals surface area (Å²) in [5, 5.41) is 3.20. The Morgan fingerprint density at radius 2 is 2.10 bits per heavy atom. The van der Waals surface area contributed by atoms with E-state index in [0.717, 1.165) is 25.9 Å². The topological polar surface area (TPSA) is 38.3 Å². The molecule has 1 fully saturated rings. The Hall–Kier alpha value is -0.570. The summed E-state index contributed by atoms with van der Waals surface area (Å²) in [6.07, 6.45) is 1.84. The van der Waals surface area contributed by atoms with Crippen molar-refractivity contribution in [3.8, 4) is 0 Å². The summed E-state index contributed by atoms with van der Waals surface area (Å²) in [6, 6.07) is 0. The van der Waals surface area contributed by atoms with Gasteiger partial charge in [-0.3, -0.25) is 4.79 Å². The molecular formula is C7H13NO2. The molecule has 0 saturated carbocycles. The minimum absolute atomic E-state index is 0.201. The van der Waals surface area contributed by atoms with E-state index in [-0.39, 0.29) is 5.60 Å². The summed E-state index contributed by atoms with van der Waals surface area (Å²) < 4.78 is 4.95. The van der Waals surface area contributed by atoms with E-state index < -0.39 is 0 Å². The van der Waals surface area contributed by atoms with Crippen molar-refractivity contribution in [2.75, 3.05) is 13.1 Å². The summed E-state index contributed by atoms with van der Waals surface area (Å²) >= 11 is 0. The molecule has 0 aromatic carbocycles. The van der Waals surface area contributed by atoms with Gasteiger partial charge in [0.25, 0.3) is 6.47 Å². The number of nitrogens with one attached hydrogen (secondary N) is 1. The van der Waals surface area contributed by atoms with Crippen LogP contribution in [-0.4, -0.2) is 25.2 Å². The highest BCUT2D eigenvalue weighted by Gasteiger charge is 2.27. The Morgan fingerprint density at radius 1 is 1.50 bits per heavy atom. The molecule has 0 aromatic rings. The zero-order chi connectivity index (χ0) is 7.45. The molecule has 0 radical (unpaired) electrons. The van der Waals surface area contributed by atoms with Crippen LogP contribution in [0.3, 0.4) is 0 Å². The van der Waals surface area contributed by atoms with Crippen molar-refractivity contribution < 1.29 is 9.53 Å². The van der Waals surface area contributed by atoms with Gasteiger partial charge in [-0.1, -0.05) is 0 Å². The Bertz CT molecular complexity index is 119. The van der Waals surface area contributed by atoms with E-state index in [1.165, 1.54) is 0 Å². The lowest BCUT2D eigenvalue weighted by molar-refractivity contribution is -0.144. The SMILES string of the molecule is CC1(OC=O)CCNCC1. The van der Waals surface area contributed by atoms with Crippen LogP contribution in [0, 0.1) is 0 Å². The highest BCUT2D eigenvalue weighted by molar-refractivity contribution is 5.38. The summed E-state index contributed by atoms with van der Waals surface area (Å²) in [7, 11) is 0. The molecule has 1 aliphatic rings. The molecule has 0 bridgehead atoms. The second-order valence-corrected chi connectivity index (χ2v) is 2.91. The van der Waals surface area contributed by atoms with Crippen molar-refractivity contribution in [1.29, 1.82) is 0 Å². The quantitative estimate of drug-likeness (QED) is 0.565. The first-order valence-electron chi connectivity index (χ1n) is 3.59. The second-order valence-electron chi connectivity index (χ2n) is 2.91. The van der Waals surface area contributed by atoms with Gasteiger partial charge in [0.1, 0.15) is 5.60 Å². The van der Waals surface area contributed by atoms with Crippen molar-refractivity contribution in [2.24, 2.45) is 0 Å². The van der Waals surface area contributed by atoms with Gasteiger partial charge >= 0.3 is 0 Å². The second kappa shape index (κ2) is 3.01. The van der Waals surface area contributed by atoms with Crippen molar-refractivity contribution in [3.05, 3.63) is 0 Å². The van der Waals surface area contributed by atoms with E-state index in [2.05, 4.69) is 5.32 Å². The summed E-state index contributed by atoms with van der Waals surface area (Å²) in [5.41, 5.74) is -0.201. The van der Waals surface area contributed by atoms with E-state index in [4.69, 9.17) is 4.74 Å². The molecule has 1 heterocycles. The van der Waals surface area contributed by atoms with Gasteiger partial charge in [0, 0.05) is 0 Å². The minimum atomic E-state index is -0.201. The van der Waals surface area contributed by atoms with E-state index >= 15 is 0 Å². The lowest BCUT2D eigenvalue weighted by Gasteiger charge is -2.31. The number of carbonyl (C=O) groups excluding carboxylic acids is 1. The lowest BCUT2D eigenvalue weighted by Crippen LogP contribution is -2.41. The lowest BCUT2D eigenvalue weighted by atomic mass is 9.95. The smallest absolute Gasteiger partial charge is 0.293 e. The molecule has 0 spiro atoms. The fourth-order valence-electron chi connectivity index (χ4n) is 1.19. The zero-order valence-corrected chi connectivity index (χ0v) is 6.22. The third kappa shape index (κ3) is 1.70. The van der Waals surface area contributed by atoms with Gasteiger partial charge < -0.3 is 10.1 Å². The fraction of sp³-hybridized carbons (Fsp3) is 0.857. The van der Waals surface area contributed by atoms with E-state index in [0.29, 0.717) is 6.47 Å². The number of hydrogen-bond acceptors (Lipinski definition) is 3. The maximum Gasteiger partial charge on any atom is 0.293 e. The first-order chi connectivity index (χ1) is 4.77. The first kappa shape index (κ1) is 7.54. The van der Waals surface area contributed by atoms with Crippen LogP contribution >= 0.6 is 0 Å². The average molecular weight is 143 g/mol. The van der Waals surface area contributed by atoms with Crippen LogP contribution in [0.4, 0.5) is 0 Å². The molecule has 0 atom stereocenters. The predicted octanol–water partition coefficient (Wildman–Crippen LogP) is 0.301. The third-order valence-electron chi connectivity index (χ3n) is 1.99. The van der Waals surface area contributed by atoms with E-state index in [1.54, 1.807) is 0 Å². The van der Waals surface area contributed by atoms with Crippen molar-refractivity contribution >= 4 is 6.47 Å². The Morgan fingerprint density at radius 3 is 2.60 bits per heavy atom. The van der Waals surface area contributed by atoms with Crippen LogP contribution in [0.25, 0.3) is 0 Å². The zero-order valence-electron chi connectivity index (χ0n) is 6.22. The molecule has 3 nitrogen and oxygen atoms in total. The molecule has 0 aromatic heterocycles. The van der Waals surface area contributed by atoms with Crippen molar-refractivity contribution in [1.82, 2.24) is 5.32 Å². The summed E-state index contributed by atoms with van der Waals surface area (Å²) in [5.74, 6) is 0. The molecule has 1 saturated heterocycles. The number of carbonyl (C=O) groups is 1. The largest absolute Gasteiger partial charge is 0.461 e. The Kier molecular flexibility index (Phi) is 2.27. The van der Waals surface area contributed by atoms with E-state index in [1.807, 2.05) is 6.92 Å². The molecule has 3 heteroatoms. The van der Waals surface area contributed by atoms with Crippen molar-refractivity contribution in [3.63, 3.8) is 0 Å². The molecule has 58 valence electrons. The van der Waals surface area contributed by atoms with Crippen LogP contribution < -0.4 is 5.32 Å². The van der Waals surface area contributed by atoms with Gasteiger partial charge in [0.15, 0.2) is 0 Å². The van der Waals surface area contributed by atoms with Crippen LogP contribution in [0.5, 0.6) is 0 Å². The number of ether oxygens (including phenoxy) is 1. The Labute approximate surface area is 60.7 Å². The summed E-state index contributed by atoms with van der Waals surface area (Å²) in [4.78, 5) is 10.0. The molecule has 1 rings (SSSR count). The van der Waals surface area contributed by atoms with Crippen molar-refractivity contribution in [2.45, 2.75) is 25.4 Å². The maximum absolute atomic E-state index is 10.0. The third-order valence-corrected chi connectivity index (χ3v) is 1.99. The standard InChI is InChI=1S/C7H13NO2/c1-7(10-6-9)2-4-8-5-3-7/h6,8H,2-5H2,1H3. The molecule has 0 amide bonds. The molecule has 1 aliphatic heterocycles. The minimum Gasteiger partial charge on any atom is -0.461 e.